The molecule has 0 atom stereocenters. The number of hydrogen-bond acceptors (Lipinski definition) is 6. The Balaban J connectivity index is 3.20. The predicted molar refractivity (Wildman–Crippen MR) is 74.8 cm³/mol. The van der Waals surface area contributed by atoms with Gasteiger partial charge in [0, 0.05) is 6.08 Å². The molecule has 6 nitrogen and oxygen atoms in total. The van der Waals surface area contributed by atoms with Gasteiger partial charge in [0.2, 0.25) is 11.6 Å². The monoisotopic (exact) mass is 292 g/mol. The van der Waals surface area contributed by atoms with Gasteiger partial charge in [-0.3, -0.25) is 9.59 Å². The van der Waals surface area contributed by atoms with Gasteiger partial charge >= 0.3 is 5.97 Å². The van der Waals surface area contributed by atoms with Crippen LogP contribution in [0.4, 0.5) is 0 Å². The Morgan fingerprint density at radius 1 is 0.952 bits per heavy atom. The fourth-order valence-electron chi connectivity index (χ4n) is 1.68. The summed E-state index contributed by atoms with van der Waals surface area (Å²) in [6.07, 6.45) is 1.74. The van der Waals surface area contributed by atoms with Crippen molar-refractivity contribution in [2.75, 3.05) is 21.3 Å². The molecule has 0 heterocycles. The Labute approximate surface area is 122 Å². The lowest BCUT2D eigenvalue weighted by atomic mass is 10.0. The van der Waals surface area contributed by atoms with Gasteiger partial charge in [0.15, 0.2) is 0 Å². The lowest BCUT2D eigenvalue weighted by molar-refractivity contribution is -0.135. The van der Waals surface area contributed by atoms with E-state index in [-0.39, 0.29) is 17.1 Å². The lowest BCUT2D eigenvalue weighted by Crippen LogP contribution is -2.15. The maximum absolute atomic E-state index is 12.2. The van der Waals surface area contributed by atoms with Crippen LogP contribution in [0.1, 0.15) is 15.9 Å². The highest BCUT2D eigenvalue weighted by Gasteiger charge is 2.23. The van der Waals surface area contributed by atoms with Crippen LogP contribution < -0.4 is 9.47 Å². The Morgan fingerprint density at radius 3 is 1.90 bits per heavy atom. The van der Waals surface area contributed by atoms with Crippen LogP contribution in [-0.2, 0) is 14.3 Å². The van der Waals surface area contributed by atoms with Gasteiger partial charge in [0.1, 0.15) is 17.1 Å². The van der Waals surface area contributed by atoms with Crippen molar-refractivity contribution in [3.63, 3.8) is 0 Å². The maximum Gasteiger partial charge on any atom is 0.330 e. The molecule has 0 aliphatic rings. The van der Waals surface area contributed by atoms with Gasteiger partial charge in [-0.1, -0.05) is 0 Å². The SMILES string of the molecule is COC(=O)/C=C/C(=O)C(=O)c1c(OC)cc(C)cc1OC. The summed E-state index contributed by atoms with van der Waals surface area (Å²) >= 11 is 0. The molecular weight excluding hydrogens is 276 g/mol. The van der Waals surface area contributed by atoms with Crippen LogP contribution in [0.2, 0.25) is 0 Å². The topological polar surface area (TPSA) is 78.9 Å². The zero-order valence-electron chi connectivity index (χ0n) is 12.3. The molecule has 6 heteroatoms. The standard InChI is InChI=1S/C15H16O6/c1-9-7-11(19-2)14(12(8-9)20-3)15(18)10(16)5-6-13(17)21-4/h5-8H,1-4H3/b6-5+. The minimum atomic E-state index is -0.874. The van der Waals surface area contributed by atoms with Gasteiger partial charge in [-0.2, -0.15) is 0 Å². The minimum absolute atomic E-state index is 0.0186. The fraction of sp³-hybridized carbons (Fsp3) is 0.267. The number of esters is 1. The second-order valence-electron chi connectivity index (χ2n) is 4.09. The Kier molecular flexibility index (Phi) is 5.66. The highest BCUT2D eigenvalue weighted by Crippen LogP contribution is 2.31. The molecule has 1 rings (SSSR count). The number of Topliss-reactive ketones (excluding diaryl/α,β-unsaturated/α-hetero) is 1. The van der Waals surface area contributed by atoms with Crippen molar-refractivity contribution in [3.8, 4) is 11.5 Å². The normalized spacial score (nSPS) is 10.3. The first kappa shape index (κ1) is 16.4. The van der Waals surface area contributed by atoms with Crippen LogP contribution in [0.15, 0.2) is 24.3 Å². The van der Waals surface area contributed by atoms with E-state index in [1.807, 2.05) is 0 Å². The second kappa shape index (κ2) is 7.23. The third-order valence-corrected chi connectivity index (χ3v) is 2.67. The van der Waals surface area contributed by atoms with E-state index in [2.05, 4.69) is 4.74 Å². The highest BCUT2D eigenvalue weighted by molar-refractivity contribution is 6.48. The van der Waals surface area contributed by atoms with Crippen LogP contribution >= 0.6 is 0 Å². The molecule has 1 aromatic carbocycles. The first-order valence-corrected chi connectivity index (χ1v) is 6.01. The van der Waals surface area contributed by atoms with Crippen LogP contribution in [0, 0.1) is 6.92 Å². The second-order valence-corrected chi connectivity index (χ2v) is 4.09. The summed E-state index contributed by atoms with van der Waals surface area (Å²) in [6, 6.07) is 3.24. The predicted octanol–water partition coefficient (Wildman–Crippen LogP) is 1.49. The average molecular weight is 292 g/mol. The maximum atomic E-state index is 12.2. The summed E-state index contributed by atoms with van der Waals surface area (Å²) in [5.74, 6) is -1.96. The number of hydrogen-bond donors (Lipinski definition) is 0. The zero-order valence-corrected chi connectivity index (χ0v) is 12.3. The van der Waals surface area contributed by atoms with E-state index in [4.69, 9.17) is 9.47 Å². The van der Waals surface area contributed by atoms with Crippen molar-refractivity contribution >= 4 is 17.5 Å². The van der Waals surface area contributed by atoms with E-state index >= 15 is 0 Å². The number of benzene rings is 1. The van der Waals surface area contributed by atoms with Crippen molar-refractivity contribution < 1.29 is 28.6 Å². The number of methoxy groups -OCH3 is 3. The van der Waals surface area contributed by atoms with Gasteiger partial charge in [-0.05, 0) is 30.7 Å². The molecule has 0 aliphatic heterocycles. The number of allylic oxidation sites excluding steroid dienone is 1. The molecule has 112 valence electrons. The van der Waals surface area contributed by atoms with Gasteiger partial charge in [0.05, 0.1) is 21.3 Å². The molecule has 0 aliphatic carbocycles. The van der Waals surface area contributed by atoms with Crippen molar-refractivity contribution in [2.45, 2.75) is 6.92 Å². The molecule has 0 aromatic heterocycles. The average Bonchev–Trinajstić information content (AvgIpc) is 2.50. The fourth-order valence-corrected chi connectivity index (χ4v) is 1.68. The molecule has 0 saturated heterocycles. The largest absolute Gasteiger partial charge is 0.496 e. The van der Waals surface area contributed by atoms with Crippen molar-refractivity contribution in [2.24, 2.45) is 0 Å². The molecule has 0 spiro atoms. The molecule has 1 aromatic rings. The van der Waals surface area contributed by atoms with Gasteiger partial charge in [-0.15, -0.1) is 0 Å². The van der Waals surface area contributed by atoms with Crippen LogP contribution in [0.5, 0.6) is 11.5 Å². The van der Waals surface area contributed by atoms with Crippen molar-refractivity contribution in [3.05, 3.63) is 35.4 Å². The number of aryl methyl sites for hydroxylation is 1. The molecule has 0 saturated carbocycles. The minimum Gasteiger partial charge on any atom is -0.496 e. The summed E-state index contributed by atoms with van der Waals surface area (Å²) in [4.78, 5) is 35.0. The smallest absolute Gasteiger partial charge is 0.330 e. The first-order valence-electron chi connectivity index (χ1n) is 6.01. The molecular formula is C15H16O6. The molecule has 21 heavy (non-hydrogen) atoms. The van der Waals surface area contributed by atoms with Gasteiger partial charge < -0.3 is 14.2 Å². The van der Waals surface area contributed by atoms with E-state index in [0.717, 1.165) is 17.7 Å². The Bertz CT molecular complexity index is 575. The summed E-state index contributed by atoms with van der Waals surface area (Å²) in [5, 5.41) is 0. The third-order valence-electron chi connectivity index (χ3n) is 2.67. The summed E-state index contributed by atoms with van der Waals surface area (Å²) in [7, 11) is 3.95. The first-order chi connectivity index (χ1) is 9.94. The third kappa shape index (κ3) is 3.92. The van der Waals surface area contributed by atoms with Gasteiger partial charge in [0.25, 0.3) is 0 Å². The Morgan fingerprint density at radius 2 is 1.48 bits per heavy atom. The van der Waals surface area contributed by atoms with E-state index in [9.17, 15) is 14.4 Å². The van der Waals surface area contributed by atoms with E-state index in [0.29, 0.717) is 0 Å². The van der Waals surface area contributed by atoms with Crippen LogP contribution in [0.3, 0.4) is 0 Å². The molecule has 0 fully saturated rings. The van der Waals surface area contributed by atoms with E-state index in [1.165, 1.54) is 21.3 Å². The summed E-state index contributed by atoms with van der Waals surface area (Å²) in [5.41, 5.74) is 0.836. The van der Waals surface area contributed by atoms with Crippen LogP contribution in [-0.4, -0.2) is 38.9 Å². The van der Waals surface area contributed by atoms with E-state index < -0.39 is 17.5 Å². The molecule has 0 bridgehead atoms. The molecule has 0 amide bonds. The van der Waals surface area contributed by atoms with E-state index in [1.54, 1.807) is 19.1 Å². The van der Waals surface area contributed by atoms with Gasteiger partial charge in [-0.25, -0.2) is 4.79 Å². The lowest BCUT2D eigenvalue weighted by Gasteiger charge is -2.12. The quantitative estimate of drug-likeness (QED) is 0.342. The molecule has 0 unspecified atom stereocenters. The Hall–Kier alpha value is -2.63. The molecule has 0 radical (unpaired) electrons. The van der Waals surface area contributed by atoms with Crippen LogP contribution in [0.25, 0.3) is 0 Å². The van der Waals surface area contributed by atoms with Crippen molar-refractivity contribution in [1.82, 2.24) is 0 Å². The number of carbonyl (C=O) groups excluding carboxylic acids is 3. The zero-order chi connectivity index (χ0) is 16.0. The number of ether oxygens (including phenoxy) is 3. The number of carbonyl (C=O) groups is 3. The number of rotatable bonds is 6. The van der Waals surface area contributed by atoms with Crippen molar-refractivity contribution in [1.29, 1.82) is 0 Å². The summed E-state index contributed by atoms with van der Waals surface area (Å²) < 4.78 is 14.6. The highest BCUT2D eigenvalue weighted by atomic mass is 16.5. The summed E-state index contributed by atoms with van der Waals surface area (Å²) in [6.45, 7) is 1.80. The molecule has 0 N–H and O–H groups in total. The number of ketones is 2.